The Morgan fingerprint density at radius 2 is 2.00 bits per heavy atom. The molecule has 2 rings (SSSR count). The number of piperidine rings is 2. The van der Waals surface area contributed by atoms with Gasteiger partial charge in [0, 0.05) is 26.1 Å². The number of likely N-dealkylation sites (tertiary alicyclic amines) is 1. The van der Waals surface area contributed by atoms with Crippen LogP contribution in [0.25, 0.3) is 0 Å². The van der Waals surface area contributed by atoms with Crippen molar-refractivity contribution in [2.75, 3.05) is 40.3 Å². The minimum Gasteiger partial charge on any atom is -0.345 e. The lowest BCUT2D eigenvalue weighted by Gasteiger charge is -2.34. The van der Waals surface area contributed by atoms with Crippen molar-refractivity contribution >= 4 is 5.91 Å². The minimum atomic E-state index is 0.315. The predicted octanol–water partition coefficient (Wildman–Crippen LogP) is 1.56. The Kier molecular flexibility index (Phi) is 5.85. The van der Waals surface area contributed by atoms with E-state index in [0.29, 0.717) is 30.2 Å². The third-order valence-electron chi connectivity index (χ3n) is 5.12. The normalized spacial score (nSPS) is 29.4. The van der Waals surface area contributed by atoms with Gasteiger partial charge in [-0.3, -0.25) is 4.79 Å². The third kappa shape index (κ3) is 4.45. The SMILES string of the molecule is CC1CCCNC1CC(=O)N(C)CC1CCN(C)CC1. The van der Waals surface area contributed by atoms with Crippen LogP contribution in [0.4, 0.5) is 0 Å². The number of rotatable bonds is 4. The first kappa shape index (κ1) is 15.8. The lowest BCUT2D eigenvalue weighted by Crippen LogP contribution is -2.45. The van der Waals surface area contributed by atoms with Crippen molar-refractivity contribution in [3.05, 3.63) is 0 Å². The van der Waals surface area contributed by atoms with Gasteiger partial charge in [-0.2, -0.15) is 0 Å². The van der Waals surface area contributed by atoms with Crippen LogP contribution in [0.1, 0.15) is 39.0 Å². The summed E-state index contributed by atoms with van der Waals surface area (Å²) in [6.45, 7) is 6.62. The molecule has 4 nitrogen and oxygen atoms in total. The second-order valence-corrected chi connectivity index (χ2v) is 6.91. The number of carbonyl (C=O) groups is 1. The summed E-state index contributed by atoms with van der Waals surface area (Å²) in [5.74, 6) is 1.64. The van der Waals surface area contributed by atoms with Gasteiger partial charge in [-0.1, -0.05) is 6.92 Å². The third-order valence-corrected chi connectivity index (χ3v) is 5.12. The average Bonchev–Trinajstić information content (AvgIpc) is 2.44. The van der Waals surface area contributed by atoms with E-state index >= 15 is 0 Å². The van der Waals surface area contributed by atoms with Crippen LogP contribution in [0.15, 0.2) is 0 Å². The molecule has 116 valence electrons. The predicted molar refractivity (Wildman–Crippen MR) is 82.7 cm³/mol. The van der Waals surface area contributed by atoms with Gasteiger partial charge < -0.3 is 15.1 Å². The highest BCUT2D eigenvalue weighted by molar-refractivity contribution is 5.76. The molecule has 0 spiro atoms. The van der Waals surface area contributed by atoms with Crippen LogP contribution in [0, 0.1) is 11.8 Å². The maximum atomic E-state index is 12.4. The summed E-state index contributed by atoms with van der Waals surface area (Å²) in [6, 6.07) is 0.385. The standard InChI is InChI=1S/C16H31N3O/c1-13-5-4-8-17-15(13)11-16(20)19(3)12-14-6-9-18(2)10-7-14/h13-15,17H,4-12H2,1-3H3. The Hall–Kier alpha value is -0.610. The Balaban J connectivity index is 1.74. The van der Waals surface area contributed by atoms with E-state index in [2.05, 4.69) is 24.2 Å². The number of hydrogen-bond acceptors (Lipinski definition) is 3. The van der Waals surface area contributed by atoms with Crippen molar-refractivity contribution in [1.82, 2.24) is 15.1 Å². The van der Waals surface area contributed by atoms with E-state index in [9.17, 15) is 4.79 Å². The van der Waals surface area contributed by atoms with Crippen molar-refractivity contribution < 1.29 is 4.79 Å². The van der Waals surface area contributed by atoms with Gasteiger partial charge in [-0.05, 0) is 64.2 Å². The molecule has 2 atom stereocenters. The number of amides is 1. The van der Waals surface area contributed by atoms with E-state index in [1.165, 1.54) is 38.8 Å². The zero-order valence-corrected chi connectivity index (χ0v) is 13.4. The molecule has 4 heteroatoms. The van der Waals surface area contributed by atoms with E-state index < -0.39 is 0 Å². The molecule has 0 saturated carbocycles. The summed E-state index contributed by atoms with van der Waals surface area (Å²) in [4.78, 5) is 16.7. The van der Waals surface area contributed by atoms with E-state index in [1.54, 1.807) is 0 Å². The molecule has 2 aliphatic rings. The van der Waals surface area contributed by atoms with Crippen LogP contribution in [-0.4, -0.2) is 62.0 Å². The van der Waals surface area contributed by atoms with E-state index in [0.717, 1.165) is 13.1 Å². The molecule has 2 heterocycles. The van der Waals surface area contributed by atoms with Gasteiger partial charge in [0.2, 0.25) is 5.91 Å². The highest BCUT2D eigenvalue weighted by Gasteiger charge is 2.26. The lowest BCUT2D eigenvalue weighted by atomic mass is 9.90. The largest absolute Gasteiger partial charge is 0.345 e. The van der Waals surface area contributed by atoms with Crippen LogP contribution >= 0.6 is 0 Å². The fraction of sp³-hybridized carbons (Fsp3) is 0.938. The average molecular weight is 281 g/mol. The fourth-order valence-electron chi connectivity index (χ4n) is 3.46. The van der Waals surface area contributed by atoms with Crippen molar-refractivity contribution in [2.45, 2.75) is 45.1 Å². The first-order valence-electron chi connectivity index (χ1n) is 8.22. The molecule has 20 heavy (non-hydrogen) atoms. The maximum Gasteiger partial charge on any atom is 0.223 e. The smallest absolute Gasteiger partial charge is 0.223 e. The minimum absolute atomic E-state index is 0.315. The Morgan fingerprint density at radius 3 is 2.65 bits per heavy atom. The van der Waals surface area contributed by atoms with Crippen LogP contribution < -0.4 is 5.32 Å². The quantitative estimate of drug-likeness (QED) is 0.849. The van der Waals surface area contributed by atoms with Crippen molar-refractivity contribution in [3.8, 4) is 0 Å². The van der Waals surface area contributed by atoms with E-state index in [-0.39, 0.29) is 0 Å². The number of nitrogens with one attached hydrogen (secondary N) is 1. The molecule has 0 aliphatic carbocycles. The Morgan fingerprint density at radius 1 is 1.30 bits per heavy atom. The molecule has 2 fully saturated rings. The highest BCUT2D eigenvalue weighted by atomic mass is 16.2. The number of hydrogen-bond donors (Lipinski definition) is 1. The topological polar surface area (TPSA) is 35.6 Å². The number of nitrogens with zero attached hydrogens (tertiary/aromatic N) is 2. The lowest BCUT2D eigenvalue weighted by molar-refractivity contribution is -0.131. The summed E-state index contributed by atoms with van der Waals surface area (Å²) in [5, 5.41) is 3.51. The van der Waals surface area contributed by atoms with Crippen LogP contribution in [-0.2, 0) is 4.79 Å². The first-order valence-corrected chi connectivity index (χ1v) is 8.22. The number of carbonyl (C=O) groups excluding carboxylic acids is 1. The van der Waals surface area contributed by atoms with Crippen LogP contribution in [0.3, 0.4) is 0 Å². The molecular weight excluding hydrogens is 250 g/mol. The Labute approximate surface area is 123 Å². The summed E-state index contributed by atoms with van der Waals surface area (Å²) in [6.07, 6.45) is 5.63. The van der Waals surface area contributed by atoms with Crippen molar-refractivity contribution in [3.63, 3.8) is 0 Å². The van der Waals surface area contributed by atoms with Crippen LogP contribution in [0.5, 0.6) is 0 Å². The molecule has 0 aromatic rings. The monoisotopic (exact) mass is 281 g/mol. The molecule has 0 bridgehead atoms. The van der Waals surface area contributed by atoms with Gasteiger partial charge in [-0.15, -0.1) is 0 Å². The summed E-state index contributed by atoms with van der Waals surface area (Å²) in [7, 11) is 4.16. The van der Waals surface area contributed by atoms with Crippen molar-refractivity contribution in [1.29, 1.82) is 0 Å². The van der Waals surface area contributed by atoms with Gasteiger partial charge in [0.1, 0.15) is 0 Å². The molecule has 2 saturated heterocycles. The Bertz CT molecular complexity index is 313. The zero-order valence-electron chi connectivity index (χ0n) is 13.4. The molecule has 2 aliphatic heterocycles. The molecule has 0 aromatic heterocycles. The molecule has 1 N–H and O–H groups in total. The molecule has 0 aromatic carbocycles. The van der Waals surface area contributed by atoms with Crippen molar-refractivity contribution in [2.24, 2.45) is 11.8 Å². The molecule has 2 unspecified atom stereocenters. The van der Waals surface area contributed by atoms with Gasteiger partial charge in [0.15, 0.2) is 0 Å². The van der Waals surface area contributed by atoms with E-state index in [1.807, 2.05) is 11.9 Å². The highest BCUT2D eigenvalue weighted by Crippen LogP contribution is 2.20. The van der Waals surface area contributed by atoms with Gasteiger partial charge in [0.25, 0.3) is 0 Å². The maximum absolute atomic E-state index is 12.4. The summed E-state index contributed by atoms with van der Waals surface area (Å²) in [5.41, 5.74) is 0. The summed E-state index contributed by atoms with van der Waals surface area (Å²) < 4.78 is 0. The van der Waals surface area contributed by atoms with Crippen LogP contribution in [0.2, 0.25) is 0 Å². The second-order valence-electron chi connectivity index (χ2n) is 6.91. The fourth-order valence-corrected chi connectivity index (χ4v) is 3.46. The molecule has 0 radical (unpaired) electrons. The first-order chi connectivity index (χ1) is 9.56. The zero-order chi connectivity index (χ0) is 14.5. The summed E-state index contributed by atoms with van der Waals surface area (Å²) >= 11 is 0. The second kappa shape index (κ2) is 7.41. The van der Waals surface area contributed by atoms with E-state index in [4.69, 9.17) is 0 Å². The molecular formula is C16H31N3O. The van der Waals surface area contributed by atoms with Gasteiger partial charge in [-0.25, -0.2) is 0 Å². The van der Waals surface area contributed by atoms with Gasteiger partial charge in [0.05, 0.1) is 0 Å². The van der Waals surface area contributed by atoms with Gasteiger partial charge >= 0.3 is 0 Å². The molecule has 1 amide bonds.